The third-order valence-corrected chi connectivity index (χ3v) is 2.93. The van der Waals surface area contributed by atoms with Crippen molar-refractivity contribution in [3.05, 3.63) is 73.8 Å². The van der Waals surface area contributed by atoms with Gasteiger partial charge in [-0.2, -0.15) is 0 Å². The summed E-state index contributed by atoms with van der Waals surface area (Å²) in [5, 5.41) is 21.6. The first-order valence-corrected chi connectivity index (χ1v) is 6.25. The molecule has 0 unspecified atom stereocenters. The van der Waals surface area contributed by atoms with Crippen LogP contribution in [0.5, 0.6) is 5.75 Å². The number of nitro groups is 2. The maximum absolute atomic E-state index is 10.8. The fourth-order valence-corrected chi connectivity index (χ4v) is 1.83. The highest BCUT2D eigenvalue weighted by molar-refractivity contribution is 5.72. The van der Waals surface area contributed by atoms with E-state index in [-0.39, 0.29) is 11.4 Å². The molecule has 0 bridgehead atoms. The molecule has 0 heterocycles. The van der Waals surface area contributed by atoms with Crippen molar-refractivity contribution in [3.63, 3.8) is 0 Å². The molecule has 0 fully saturated rings. The molecule has 0 saturated heterocycles. The molecule has 0 aromatic heterocycles. The molecule has 0 aliphatic heterocycles. The first-order chi connectivity index (χ1) is 10.5. The minimum absolute atomic E-state index is 0.316. The normalized spacial score (nSPS) is 10.6. The average molecular weight is 300 g/mol. The summed E-state index contributed by atoms with van der Waals surface area (Å²) in [6.07, 6.45) is 3.30. The SMILES string of the molecule is COc1ccc(/C=C/c2cc([N+](=O)[O-])cc([N+](=O)[O-])c2)cc1. The van der Waals surface area contributed by atoms with Crippen molar-refractivity contribution in [1.29, 1.82) is 0 Å². The topological polar surface area (TPSA) is 95.5 Å². The number of non-ortho nitro benzene ring substituents is 2. The molecule has 22 heavy (non-hydrogen) atoms. The van der Waals surface area contributed by atoms with Crippen LogP contribution in [0.15, 0.2) is 42.5 Å². The fourth-order valence-electron chi connectivity index (χ4n) is 1.83. The van der Waals surface area contributed by atoms with Gasteiger partial charge in [-0.15, -0.1) is 0 Å². The molecule has 0 radical (unpaired) electrons. The standard InChI is InChI=1S/C15H12N2O5/c1-22-15-6-4-11(5-7-15)2-3-12-8-13(16(18)19)10-14(9-12)17(20)21/h2-10H,1H3/b3-2+. The second kappa shape index (κ2) is 6.49. The van der Waals surface area contributed by atoms with Crippen LogP contribution in [0.4, 0.5) is 11.4 Å². The largest absolute Gasteiger partial charge is 0.497 e. The van der Waals surface area contributed by atoms with E-state index in [1.54, 1.807) is 43.5 Å². The van der Waals surface area contributed by atoms with Gasteiger partial charge >= 0.3 is 0 Å². The molecule has 0 aliphatic carbocycles. The summed E-state index contributed by atoms with van der Waals surface area (Å²) in [7, 11) is 1.56. The van der Waals surface area contributed by atoms with E-state index in [0.29, 0.717) is 11.3 Å². The van der Waals surface area contributed by atoms with E-state index in [2.05, 4.69) is 0 Å². The number of hydrogen-bond acceptors (Lipinski definition) is 5. The average Bonchev–Trinajstić information content (AvgIpc) is 2.53. The van der Waals surface area contributed by atoms with E-state index in [4.69, 9.17) is 4.74 Å². The van der Waals surface area contributed by atoms with E-state index in [9.17, 15) is 20.2 Å². The molecule has 2 aromatic carbocycles. The van der Waals surface area contributed by atoms with Crippen LogP contribution in [0, 0.1) is 20.2 Å². The Morgan fingerprint density at radius 2 is 1.36 bits per heavy atom. The van der Waals surface area contributed by atoms with Crippen molar-refractivity contribution in [1.82, 2.24) is 0 Å². The van der Waals surface area contributed by atoms with Gasteiger partial charge in [0.2, 0.25) is 0 Å². The van der Waals surface area contributed by atoms with Crippen molar-refractivity contribution >= 4 is 23.5 Å². The predicted octanol–water partition coefficient (Wildman–Crippen LogP) is 3.68. The minimum atomic E-state index is -0.655. The van der Waals surface area contributed by atoms with Crippen LogP contribution in [0.25, 0.3) is 12.2 Å². The molecule has 0 spiro atoms. The third kappa shape index (κ3) is 3.66. The highest BCUT2D eigenvalue weighted by Crippen LogP contribution is 2.24. The first kappa shape index (κ1) is 15.2. The molecule has 0 atom stereocenters. The molecule has 7 heteroatoms. The lowest BCUT2D eigenvalue weighted by molar-refractivity contribution is -0.394. The molecule has 2 rings (SSSR count). The Labute approximate surface area is 125 Å². The second-order valence-corrected chi connectivity index (χ2v) is 4.40. The van der Waals surface area contributed by atoms with Gasteiger partial charge in [0.1, 0.15) is 5.75 Å². The molecule has 0 saturated carbocycles. The zero-order valence-electron chi connectivity index (χ0n) is 11.6. The number of rotatable bonds is 5. The smallest absolute Gasteiger partial charge is 0.276 e. The summed E-state index contributed by atoms with van der Waals surface area (Å²) in [4.78, 5) is 20.3. The van der Waals surface area contributed by atoms with Crippen molar-refractivity contribution < 1.29 is 14.6 Å². The van der Waals surface area contributed by atoms with Gasteiger partial charge in [0.15, 0.2) is 0 Å². The minimum Gasteiger partial charge on any atom is -0.497 e. The molecule has 112 valence electrons. The number of ether oxygens (including phenoxy) is 1. The van der Waals surface area contributed by atoms with Crippen LogP contribution >= 0.6 is 0 Å². The van der Waals surface area contributed by atoms with Gasteiger partial charge in [0, 0.05) is 12.1 Å². The van der Waals surface area contributed by atoms with Gasteiger partial charge in [-0.1, -0.05) is 24.3 Å². The Hall–Kier alpha value is -3.22. The van der Waals surface area contributed by atoms with E-state index in [1.165, 1.54) is 12.1 Å². The van der Waals surface area contributed by atoms with Crippen molar-refractivity contribution in [2.75, 3.05) is 7.11 Å². The van der Waals surface area contributed by atoms with E-state index in [0.717, 1.165) is 11.6 Å². The Bertz CT molecular complexity index is 706. The maximum atomic E-state index is 10.8. The highest BCUT2D eigenvalue weighted by atomic mass is 16.6. The number of nitro benzene ring substituents is 2. The van der Waals surface area contributed by atoms with Gasteiger partial charge in [-0.3, -0.25) is 20.2 Å². The first-order valence-electron chi connectivity index (χ1n) is 6.25. The zero-order valence-corrected chi connectivity index (χ0v) is 11.6. The quantitative estimate of drug-likeness (QED) is 0.476. The van der Waals surface area contributed by atoms with Gasteiger partial charge in [0.05, 0.1) is 23.0 Å². The molecular weight excluding hydrogens is 288 g/mol. The van der Waals surface area contributed by atoms with Crippen LogP contribution in [0.2, 0.25) is 0 Å². The number of methoxy groups -OCH3 is 1. The highest BCUT2D eigenvalue weighted by Gasteiger charge is 2.15. The lowest BCUT2D eigenvalue weighted by Gasteiger charge is -1.99. The second-order valence-electron chi connectivity index (χ2n) is 4.40. The molecular formula is C15H12N2O5. The van der Waals surface area contributed by atoms with Gasteiger partial charge in [0.25, 0.3) is 11.4 Å². The lowest BCUT2D eigenvalue weighted by Crippen LogP contribution is -1.93. The Morgan fingerprint density at radius 1 is 0.864 bits per heavy atom. The van der Waals surface area contributed by atoms with Crippen LogP contribution in [0.1, 0.15) is 11.1 Å². The molecule has 2 aromatic rings. The summed E-state index contributed by atoms with van der Waals surface area (Å²) in [6, 6.07) is 10.7. The van der Waals surface area contributed by atoms with Crippen LogP contribution < -0.4 is 4.74 Å². The van der Waals surface area contributed by atoms with E-state index in [1.807, 2.05) is 0 Å². The van der Waals surface area contributed by atoms with Crippen LogP contribution in [-0.4, -0.2) is 17.0 Å². The number of benzene rings is 2. The monoisotopic (exact) mass is 300 g/mol. The Balaban J connectivity index is 2.32. The zero-order chi connectivity index (χ0) is 16.1. The number of nitrogens with zero attached hydrogens (tertiary/aromatic N) is 2. The lowest BCUT2D eigenvalue weighted by atomic mass is 10.1. The Kier molecular flexibility index (Phi) is 4.47. The number of hydrogen-bond donors (Lipinski definition) is 0. The molecule has 0 amide bonds. The predicted molar refractivity (Wildman–Crippen MR) is 81.7 cm³/mol. The summed E-state index contributed by atoms with van der Waals surface area (Å²) in [5.41, 5.74) is 0.596. The summed E-state index contributed by atoms with van der Waals surface area (Å²) in [6.45, 7) is 0. The van der Waals surface area contributed by atoms with Crippen molar-refractivity contribution in [3.8, 4) is 5.75 Å². The van der Waals surface area contributed by atoms with Gasteiger partial charge < -0.3 is 4.74 Å². The third-order valence-electron chi connectivity index (χ3n) is 2.93. The molecule has 0 N–H and O–H groups in total. The Morgan fingerprint density at radius 3 is 1.82 bits per heavy atom. The molecule has 0 aliphatic rings. The molecule has 7 nitrogen and oxygen atoms in total. The van der Waals surface area contributed by atoms with Crippen molar-refractivity contribution in [2.45, 2.75) is 0 Å². The van der Waals surface area contributed by atoms with Gasteiger partial charge in [-0.25, -0.2) is 0 Å². The van der Waals surface area contributed by atoms with Crippen LogP contribution in [-0.2, 0) is 0 Å². The van der Waals surface area contributed by atoms with Crippen molar-refractivity contribution in [2.24, 2.45) is 0 Å². The van der Waals surface area contributed by atoms with Crippen LogP contribution in [0.3, 0.4) is 0 Å². The fraction of sp³-hybridized carbons (Fsp3) is 0.0667. The van der Waals surface area contributed by atoms with E-state index >= 15 is 0 Å². The van der Waals surface area contributed by atoms with E-state index < -0.39 is 9.85 Å². The van der Waals surface area contributed by atoms with Gasteiger partial charge in [-0.05, 0) is 23.3 Å². The summed E-state index contributed by atoms with van der Waals surface area (Å²) >= 11 is 0. The maximum Gasteiger partial charge on any atom is 0.276 e. The summed E-state index contributed by atoms with van der Waals surface area (Å²) < 4.78 is 5.04. The summed E-state index contributed by atoms with van der Waals surface area (Å²) in [5.74, 6) is 0.711.